The number of ether oxygens (including phenoxy) is 1. The molecular formula is C33H31BrClNO. The summed E-state index contributed by atoms with van der Waals surface area (Å²) < 4.78 is 6.38. The van der Waals surface area contributed by atoms with Crippen molar-refractivity contribution in [1.82, 2.24) is 5.32 Å². The Morgan fingerprint density at radius 3 is 2.00 bits per heavy atom. The average molecular weight is 573 g/mol. The molecule has 1 heterocycles. The van der Waals surface area contributed by atoms with Gasteiger partial charge in [-0.3, -0.25) is 0 Å². The summed E-state index contributed by atoms with van der Waals surface area (Å²) in [4.78, 5) is 0. The molecular weight excluding hydrogens is 542 g/mol. The molecule has 0 aromatic heterocycles. The van der Waals surface area contributed by atoms with Crippen molar-refractivity contribution in [2.75, 3.05) is 13.1 Å². The zero-order valence-electron chi connectivity index (χ0n) is 20.7. The van der Waals surface area contributed by atoms with Gasteiger partial charge in [-0.2, -0.15) is 0 Å². The third kappa shape index (κ3) is 6.42. The van der Waals surface area contributed by atoms with Crippen molar-refractivity contribution < 1.29 is 4.74 Å². The van der Waals surface area contributed by atoms with Crippen LogP contribution >= 0.6 is 27.5 Å². The Kier molecular flexibility index (Phi) is 8.91. The molecule has 2 atom stereocenters. The van der Waals surface area contributed by atoms with Crippen LogP contribution in [0.4, 0.5) is 0 Å². The third-order valence-corrected chi connectivity index (χ3v) is 7.94. The van der Waals surface area contributed by atoms with E-state index in [1.165, 1.54) is 38.2 Å². The van der Waals surface area contributed by atoms with Crippen LogP contribution in [0.3, 0.4) is 0 Å². The van der Waals surface area contributed by atoms with E-state index in [-0.39, 0.29) is 6.10 Å². The zero-order valence-corrected chi connectivity index (χ0v) is 23.1. The third-order valence-electron chi connectivity index (χ3n) is 7.08. The van der Waals surface area contributed by atoms with Gasteiger partial charge in [0.25, 0.3) is 0 Å². The number of benzene rings is 5. The predicted octanol–water partition coefficient (Wildman–Crippen LogP) is 8.89. The molecule has 1 aliphatic heterocycles. The van der Waals surface area contributed by atoms with Crippen molar-refractivity contribution in [1.29, 1.82) is 0 Å². The maximum absolute atomic E-state index is 6.38. The maximum Gasteiger partial charge on any atom is 0.0772 e. The van der Waals surface area contributed by atoms with Gasteiger partial charge in [0.05, 0.1) is 12.7 Å². The van der Waals surface area contributed by atoms with E-state index in [0.29, 0.717) is 12.5 Å². The Bertz CT molecular complexity index is 1440. The lowest BCUT2D eigenvalue weighted by Crippen LogP contribution is -2.40. The number of hydrogen-bond acceptors (Lipinski definition) is 2. The number of hydrogen-bond donors (Lipinski definition) is 1. The molecule has 0 spiro atoms. The molecule has 1 N–H and O–H groups in total. The molecule has 0 bridgehead atoms. The van der Waals surface area contributed by atoms with Crippen LogP contribution in [-0.2, 0) is 16.7 Å². The molecule has 0 amide bonds. The Hall–Kier alpha value is -2.69. The van der Waals surface area contributed by atoms with E-state index in [0.717, 1.165) is 29.9 Å². The molecule has 188 valence electrons. The molecule has 4 heteroatoms. The largest absolute Gasteiger partial charge is 0.372 e. The lowest BCUT2D eigenvalue weighted by molar-refractivity contribution is 0.0111. The van der Waals surface area contributed by atoms with E-state index in [9.17, 15) is 0 Å². The van der Waals surface area contributed by atoms with Crippen LogP contribution < -0.4 is 5.32 Å². The van der Waals surface area contributed by atoms with Gasteiger partial charge in [0, 0.05) is 22.8 Å². The number of alkyl halides is 1. The molecule has 2 nitrogen and oxygen atoms in total. The Labute approximate surface area is 232 Å². The number of piperidine rings is 1. The van der Waals surface area contributed by atoms with E-state index in [1.54, 1.807) is 0 Å². The van der Waals surface area contributed by atoms with Crippen LogP contribution in [0.2, 0.25) is 5.02 Å². The van der Waals surface area contributed by atoms with Gasteiger partial charge in [-0.25, -0.2) is 0 Å². The number of nitrogens with one attached hydrogen (secondary N) is 1. The minimum atomic E-state index is 0.175. The molecule has 6 rings (SSSR count). The molecule has 5 aromatic rings. The minimum absolute atomic E-state index is 0.175. The van der Waals surface area contributed by atoms with Crippen molar-refractivity contribution in [3.63, 3.8) is 0 Å². The number of rotatable bonds is 5. The van der Waals surface area contributed by atoms with Gasteiger partial charge in [0.2, 0.25) is 0 Å². The Morgan fingerprint density at radius 1 is 0.730 bits per heavy atom. The van der Waals surface area contributed by atoms with Crippen LogP contribution in [0.15, 0.2) is 109 Å². The second kappa shape index (κ2) is 12.7. The maximum atomic E-state index is 6.38. The van der Waals surface area contributed by atoms with Crippen LogP contribution in [0, 0.1) is 0 Å². The Morgan fingerprint density at radius 2 is 1.32 bits per heavy atom. The summed E-state index contributed by atoms with van der Waals surface area (Å²) in [6, 6.07) is 37.9. The van der Waals surface area contributed by atoms with Crippen LogP contribution in [-0.4, -0.2) is 19.2 Å². The summed E-state index contributed by atoms with van der Waals surface area (Å²) in [7, 11) is 0. The summed E-state index contributed by atoms with van der Waals surface area (Å²) in [5.41, 5.74) is 3.92. The molecule has 1 aliphatic rings. The first-order valence-electron chi connectivity index (χ1n) is 12.8. The van der Waals surface area contributed by atoms with Crippen LogP contribution in [0.25, 0.3) is 21.5 Å². The van der Waals surface area contributed by atoms with Crippen molar-refractivity contribution in [3.05, 3.63) is 131 Å². The molecule has 37 heavy (non-hydrogen) atoms. The standard InChI is InChI=1S/C22H22ClNO.C11H9Br/c23-19-10-8-17(9-11-19)21-12-13-24-14-22(21)25-15-18-6-3-5-16-4-1-2-7-20(16)18;12-8-10-6-3-5-9-4-1-2-7-11(9)10/h1-11,21-22,24H,12-15H2;1-7H,8H2. The summed E-state index contributed by atoms with van der Waals surface area (Å²) in [6.45, 7) is 2.55. The first kappa shape index (κ1) is 25.9. The molecule has 0 radical (unpaired) electrons. The SMILES string of the molecule is BrCc1cccc2ccccc12.Clc1ccc(C2CCNCC2OCc2cccc3ccccc23)cc1. The Balaban J connectivity index is 0.000000195. The highest BCUT2D eigenvalue weighted by atomic mass is 79.9. The summed E-state index contributed by atoms with van der Waals surface area (Å²) in [5, 5.41) is 10.4. The van der Waals surface area contributed by atoms with Crippen molar-refractivity contribution in [3.8, 4) is 0 Å². The minimum Gasteiger partial charge on any atom is -0.372 e. The second-order valence-corrected chi connectivity index (χ2v) is 10.4. The van der Waals surface area contributed by atoms with E-state index in [2.05, 4.69) is 118 Å². The molecule has 5 aromatic carbocycles. The van der Waals surface area contributed by atoms with Crippen LogP contribution in [0.5, 0.6) is 0 Å². The zero-order chi connectivity index (χ0) is 25.5. The number of halogens is 2. The van der Waals surface area contributed by atoms with Gasteiger partial charge >= 0.3 is 0 Å². The first-order valence-corrected chi connectivity index (χ1v) is 14.3. The monoisotopic (exact) mass is 571 g/mol. The van der Waals surface area contributed by atoms with Gasteiger partial charge in [-0.05, 0) is 63.3 Å². The van der Waals surface area contributed by atoms with E-state index in [1.807, 2.05) is 12.1 Å². The van der Waals surface area contributed by atoms with Gasteiger partial charge < -0.3 is 10.1 Å². The summed E-state index contributed by atoms with van der Waals surface area (Å²) in [5.74, 6) is 0.411. The fraction of sp³-hybridized carbons (Fsp3) is 0.212. The molecule has 2 unspecified atom stereocenters. The van der Waals surface area contributed by atoms with Gasteiger partial charge in [-0.15, -0.1) is 0 Å². The molecule has 1 fully saturated rings. The lowest BCUT2D eigenvalue weighted by Gasteiger charge is -2.32. The second-order valence-electron chi connectivity index (χ2n) is 9.41. The fourth-order valence-electron chi connectivity index (χ4n) is 5.12. The highest BCUT2D eigenvalue weighted by Gasteiger charge is 2.27. The fourth-order valence-corrected chi connectivity index (χ4v) is 5.74. The van der Waals surface area contributed by atoms with Crippen LogP contribution in [0.1, 0.15) is 29.0 Å². The first-order chi connectivity index (χ1) is 18.2. The van der Waals surface area contributed by atoms with E-state index >= 15 is 0 Å². The van der Waals surface area contributed by atoms with Gasteiger partial charge in [0.1, 0.15) is 0 Å². The summed E-state index contributed by atoms with van der Waals surface area (Å²) in [6.07, 6.45) is 1.26. The molecule has 0 saturated carbocycles. The quantitative estimate of drug-likeness (QED) is 0.212. The summed E-state index contributed by atoms with van der Waals surface area (Å²) >= 11 is 9.52. The topological polar surface area (TPSA) is 21.3 Å². The number of fused-ring (bicyclic) bond motifs is 2. The van der Waals surface area contributed by atoms with Crippen molar-refractivity contribution in [2.45, 2.75) is 30.4 Å². The molecule has 0 aliphatic carbocycles. The van der Waals surface area contributed by atoms with E-state index < -0.39 is 0 Å². The van der Waals surface area contributed by atoms with Gasteiger partial charge in [0.15, 0.2) is 0 Å². The highest BCUT2D eigenvalue weighted by Crippen LogP contribution is 2.30. The van der Waals surface area contributed by atoms with Gasteiger partial charge in [-0.1, -0.05) is 125 Å². The van der Waals surface area contributed by atoms with E-state index in [4.69, 9.17) is 16.3 Å². The van der Waals surface area contributed by atoms with Crippen molar-refractivity contribution >= 4 is 49.1 Å². The smallest absolute Gasteiger partial charge is 0.0772 e. The highest BCUT2D eigenvalue weighted by molar-refractivity contribution is 9.08. The predicted molar refractivity (Wildman–Crippen MR) is 161 cm³/mol. The normalized spacial score (nSPS) is 17.4. The molecule has 1 saturated heterocycles. The lowest BCUT2D eigenvalue weighted by atomic mass is 9.88. The van der Waals surface area contributed by atoms with Crippen molar-refractivity contribution in [2.24, 2.45) is 0 Å². The average Bonchev–Trinajstić information content (AvgIpc) is 2.97.